The van der Waals surface area contributed by atoms with E-state index >= 15 is 0 Å². The molecule has 20 heavy (non-hydrogen) atoms. The zero-order chi connectivity index (χ0) is 14.4. The van der Waals surface area contributed by atoms with Gasteiger partial charge in [-0.15, -0.1) is 0 Å². The zero-order valence-electron chi connectivity index (χ0n) is 11.4. The average Bonchev–Trinajstić information content (AvgIpc) is 2.49. The molecule has 1 unspecified atom stereocenters. The number of hydrogen-bond donors (Lipinski definition) is 1. The summed E-state index contributed by atoms with van der Waals surface area (Å²) >= 11 is 0. The highest BCUT2D eigenvalue weighted by atomic mass is 32.2. The molecule has 0 fully saturated rings. The molecule has 5 heteroatoms. The van der Waals surface area contributed by atoms with Gasteiger partial charge in [-0.25, -0.2) is 8.42 Å². The maximum absolute atomic E-state index is 12.1. The van der Waals surface area contributed by atoms with E-state index < -0.39 is 9.84 Å². The van der Waals surface area contributed by atoms with Gasteiger partial charge in [0.1, 0.15) is 0 Å². The number of hydrogen-bond acceptors (Lipinski definition) is 4. The topological polar surface area (TPSA) is 59.1 Å². The van der Waals surface area contributed by atoms with Gasteiger partial charge in [-0.3, -0.25) is 4.98 Å². The third-order valence-electron chi connectivity index (χ3n) is 3.06. The second-order valence-corrected chi connectivity index (χ2v) is 6.67. The lowest BCUT2D eigenvalue weighted by atomic mass is 10.2. The van der Waals surface area contributed by atoms with Gasteiger partial charge in [-0.05, 0) is 31.2 Å². The summed E-state index contributed by atoms with van der Waals surface area (Å²) in [6, 6.07) is 14.2. The van der Waals surface area contributed by atoms with Crippen molar-refractivity contribution in [3.05, 3.63) is 60.4 Å². The molecular weight excluding hydrogens is 272 g/mol. The van der Waals surface area contributed by atoms with Crippen LogP contribution >= 0.6 is 0 Å². The largest absolute Gasteiger partial charge is 0.308 e. The first-order valence-corrected chi connectivity index (χ1v) is 8.17. The first-order chi connectivity index (χ1) is 9.59. The Morgan fingerprint density at radius 2 is 1.80 bits per heavy atom. The smallest absolute Gasteiger partial charge is 0.179 e. The molecule has 4 nitrogen and oxygen atoms in total. The minimum Gasteiger partial charge on any atom is -0.308 e. The van der Waals surface area contributed by atoms with Gasteiger partial charge in [-0.2, -0.15) is 0 Å². The van der Waals surface area contributed by atoms with Crippen LogP contribution in [0.2, 0.25) is 0 Å². The monoisotopic (exact) mass is 290 g/mol. The summed E-state index contributed by atoms with van der Waals surface area (Å²) in [5.74, 6) is 0.0776. The first-order valence-electron chi connectivity index (χ1n) is 6.52. The summed E-state index contributed by atoms with van der Waals surface area (Å²) < 4.78 is 24.2. The maximum atomic E-state index is 12.1. The second-order valence-electron chi connectivity index (χ2n) is 4.56. The van der Waals surface area contributed by atoms with Crippen LogP contribution in [0.4, 0.5) is 0 Å². The van der Waals surface area contributed by atoms with E-state index in [-0.39, 0.29) is 11.8 Å². The van der Waals surface area contributed by atoms with Gasteiger partial charge in [0.2, 0.25) is 0 Å². The van der Waals surface area contributed by atoms with Crippen molar-refractivity contribution in [3.63, 3.8) is 0 Å². The van der Waals surface area contributed by atoms with E-state index in [1.807, 2.05) is 25.1 Å². The predicted octanol–water partition coefficient (Wildman–Crippen LogP) is 2.21. The van der Waals surface area contributed by atoms with Crippen molar-refractivity contribution in [2.75, 3.05) is 12.3 Å². The second kappa shape index (κ2) is 6.63. The molecule has 2 rings (SSSR count). The van der Waals surface area contributed by atoms with Crippen LogP contribution in [0.5, 0.6) is 0 Å². The molecule has 106 valence electrons. The van der Waals surface area contributed by atoms with Crippen molar-refractivity contribution in [1.82, 2.24) is 10.3 Å². The van der Waals surface area contributed by atoms with E-state index in [0.717, 1.165) is 5.69 Å². The van der Waals surface area contributed by atoms with Gasteiger partial charge < -0.3 is 5.32 Å². The van der Waals surface area contributed by atoms with Crippen molar-refractivity contribution in [1.29, 1.82) is 0 Å². The molecule has 0 aliphatic heterocycles. The van der Waals surface area contributed by atoms with E-state index in [2.05, 4.69) is 10.3 Å². The molecule has 1 aromatic heterocycles. The number of rotatable bonds is 6. The SMILES string of the molecule is CC(NCCS(=O)(=O)c1ccccc1)c1ccccn1. The standard InChI is InChI=1S/C15H18N2O2S/c1-13(15-9-5-6-10-17-15)16-11-12-20(18,19)14-7-3-2-4-8-14/h2-10,13,16H,11-12H2,1H3. The molecule has 0 saturated heterocycles. The molecule has 1 N–H and O–H groups in total. The number of nitrogens with zero attached hydrogens (tertiary/aromatic N) is 1. The fraction of sp³-hybridized carbons (Fsp3) is 0.267. The van der Waals surface area contributed by atoms with E-state index in [4.69, 9.17) is 0 Å². The Bertz CT molecular complexity index is 627. The molecule has 0 spiro atoms. The Kier molecular flexibility index (Phi) is 4.87. The van der Waals surface area contributed by atoms with Crippen LogP contribution in [0.15, 0.2) is 59.6 Å². The third-order valence-corrected chi connectivity index (χ3v) is 4.79. The Balaban J connectivity index is 1.90. The van der Waals surface area contributed by atoms with E-state index in [1.54, 1.807) is 36.5 Å². The summed E-state index contributed by atoms with van der Waals surface area (Å²) in [7, 11) is -3.22. The molecule has 0 bridgehead atoms. The minimum absolute atomic E-state index is 0.0298. The zero-order valence-corrected chi connectivity index (χ0v) is 12.2. The molecule has 1 heterocycles. The number of benzene rings is 1. The van der Waals surface area contributed by atoms with Crippen LogP contribution in [0.1, 0.15) is 18.7 Å². The molecule has 0 amide bonds. The summed E-state index contributed by atoms with van der Waals surface area (Å²) in [6.45, 7) is 2.37. The van der Waals surface area contributed by atoms with Crippen molar-refractivity contribution in [2.45, 2.75) is 17.9 Å². The molecule has 0 aliphatic carbocycles. The van der Waals surface area contributed by atoms with E-state index in [0.29, 0.717) is 11.4 Å². The Labute approximate surface area is 119 Å². The predicted molar refractivity (Wildman–Crippen MR) is 79.1 cm³/mol. The molecule has 0 radical (unpaired) electrons. The van der Waals surface area contributed by atoms with Crippen molar-refractivity contribution in [2.24, 2.45) is 0 Å². The van der Waals surface area contributed by atoms with Gasteiger partial charge >= 0.3 is 0 Å². The number of aromatic nitrogens is 1. The fourth-order valence-electron chi connectivity index (χ4n) is 1.89. The van der Waals surface area contributed by atoms with Crippen LogP contribution in [-0.4, -0.2) is 25.7 Å². The molecule has 0 saturated carbocycles. The van der Waals surface area contributed by atoms with Gasteiger partial charge in [0, 0.05) is 18.8 Å². The highest BCUT2D eigenvalue weighted by Gasteiger charge is 2.14. The number of sulfone groups is 1. The highest BCUT2D eigenvalue weighted by Crippen LogP contribution is 2.11. The highest BCUT2D eigenvalue weighted by molar-refractivity contribution is 7.91. The van der Waals surface area contributed by atoms with Crippen molar-refractivity contribution >= 4 is 9.84 Å². The summed E-state index contributed by atoms with van der Waals surface area (Å²) in [4.78, 5) is 4.61. The summed E-state index contributed by atoms with van der Waals surface area (Å²) in [5.41, 5.74) is 0.907. The normalized spacial score (nSPS) is 13.1. The van der Waals surface area contributed by atoms with Crippen molar-refractivity contribution in [3.8, 4) is 0 Å². The molecule has 1 atom stereocenters. The van der Waals surface area contributed by atoms with Crippen LogP contribution in [0, 0.1) is 0 Å². The lowest BCUT2D eigenvalue weighted by Gasteiger charge is -2.13. The molecular formula is C15H18N2O2S. The average molecular weight is 290 g/mol. The minimum atomic E-state index is -3.22. The van der Waals surface area contributed by atoms with Crippen molar-refractivity contribution < 1.29 is 8.42 Å². The van der Waals surface area contributed by atoms with Gasteiger partial charge in [-0.1, -0.05) is 24.3 Å². The lowest BCUT2D eigenvalue weighted by Crippen LogP contribution is -2.26. The number of nitrogens with one attached hydrogen (secondary N) is 1. The quantitative estimate of drug-likeness (QED) is 0.886. The van der Waals surface area contributed by atoms with Crippen LogP contribution in [0.25, 0.3) is 0 Å². The van der Waals surface area contributed by atoms with Crippen LogP contribution < -0.4 is 5.32 Å². The Morgan fingerprint density at radius 3 is 2.45 bits per heavy atom. The molecule has 0 aliphatic rings. The lowest BCUT2D eigenvalue weighted by molar-refractivity contribution is 0.565. The third kappa shape index (κ3) is 3.88. The summed E-state index contributed by atoms with van der Waals surface area (Å²) in [6.07, 6.45) is 1.73. The maximum Gasteiger partial charge on any atom is 0.179 e. The Morgan fingerprint density at radius 1 is 1.10 bits per heavy atom. The van der Waals surface area contributed by atoms with Gasteiger partial charge in [0.05, 0.1) is 16.3 Å². The fourth-order valence-corrected chi connectivity index (χ4v) is 3.09. The van der Waals surface area contributed by atoms with E-state index in [1.165, 1.54) is 0 Å². The number of pyridine rings is 1. The van der Waals surface area contributed by atoms with Gasteiger partial charge in [0.15, 0.2) is 9.84 Å². The Hall–Kier alpha value is -1.72. The van der Waals surface area contributed by atoms with Crippen LogP contribution in [-0.2, 0) is 9.84 Å². The van der Waals surface area contributed by atoms with E-state index in [9.17, 15) is 8.42 Å². The summed E-state index contributed by atoms with van der Waals surface area (Å²) in [5, 5.41) is 3.18. The molecule has 2 aromatic rings. The first kappa shape index (κ1) is 14.7. The van der Waals surface area contributed by atoms with Gasteiger partial charge in [0.25, 0.3) is 0 Å². The van der Waals surface area contributed by atoms with Crippen LogP contribution in [0.3, 0.4) is 0 Å². The molecule has 1 aromatic carbocycles.